The lowest BCUT2D eigenvalue weighted by molar-refractivity contribution is 0.211. The first kappa shape index (κ1) is 14.3. The van der Waals surface area contributed by atoms with Crippen molar-refractivity contribution in [2.24, 2.45) is 5.73 Å². The maximum absolute atomic E-state index is 6.57. The smallest absolute Gasteiger partial charge is 0.119 e. The number of ether oxygens (including phenoxy) is 1. The van der Waals surface area contributed by atoms with Gasteiger partial charge in [-0.25, -0.2) is 0 Å². The molecule has 1 saturated heterocycles. The molecule has 1 aliphatic carbocycles. The molecule has 1 heterocycles. The Morgan fingerprint density at radius 1 is 1.05 bits per heavy atom. The van der Waals surface area contributed by atoms with Gasteiger partial charge in [0, 0.05) is 11.3 Å². The summed E-state index contributed by atoms with van der Waals surface area (Å²) in [6, 6.07) is 8.57. The van der Waals surface area contributed by atoms with Crippen molar-refractivity contribution >= 4 is 11.8 Å². The molecule has 2 fully saturated rings. The Kier molecular flexibility index (Phi) is 4.57. The fourth-order valence-electron chi connectivity index (χ4n) is 3.33. The van der Waals surface area contributed by atoms with Gasteiger partial charge >= 0.3 is 0 Å². The number of hydrogen-bond donors (Lipinski definition) is 1. The van der Waals surface area contributed by atoms with E-state index in [9.17, 15) is 0 Å². The van der Waals surface area contributed by atoms with Crippen LogP contribution in [0.4, 0.5) is 0 Å². The fraction of sp³-hybridized carbons (Fsp3) is 0.647. The highest BCUT2D eigenvalue weighted by Gasteiger charge is 2.29. The van der Waals surface area contributed by atoms with Gasteiger partial charge < -0.3 is 10.5 Å². The molecule has 3 rings (SSSR count). The van der Waals surface area contributed by atoms with Crippen molar-refractivity contribution in [2.75, 3.05) is 11.5 Å². The minimum atomic E-state index is -0.0997. The van der Waals surface area contributed by atoms with Crippen molar-refractivity contribution in [2.45, 2.75) is 56.6 Å². The van der Waals surface area contributed by atoms with Crippen LogP contribution in [0.25, 0.3) is 0 Å². The van der Waals surface area contributed by atoms with Crippen molar-refractivity contribution in [1.29, 1.82) is 0 Å². The summed E-state index contributed by atoms with van der Waals surface area (Å²) in [4.78, 5) is 0. The zero-order valence-electron chi connectivity index (χ0n) is 12.1. The Bertz CT molecular complexity index is 419. The number of benzene rings is 1. The summed E-state index contributed by atoms with van der Waals surface area (Å²) < 4.78 is 6.07. The molecular weight excluding hydrogens is 266 g/mol. The molecule has 0 amide bonds. The summed E-state index contributed by atoms with van der Waals surface area (Å²) in [6.45, 7) is 0. The molecular formula is C17H25NOS. The maximum atomic E-state index is 6.57. The minimum absolute atomic E-state index is 0.0997. The van der Waals surface area contributed by atoms with Crippen LogP contribution < -0.4 is 10.5 Å². The van der Waals surface area contributed by atoms with Crippen LogP contribution in [-0.4, -0.2) is 17.6 Å². The van der Waals surface area contributed by atoms with Crippen LogP contribution in [0.5, 0.6) is 5.75 Å². The van der Waals surface area contributed by atoms with Gasteiger partial charge in [-0.1, -0.05) is 31.4 Å². The predicted octanol–water partition coefficient (Wildman–Crippen LogP) is 4.08. The molecule has 1 aromatic rings. The van der Waals surface area contributed by atoms with Gasteiger partial charge in [0.25, 0.3) is 0 Å². The van der Waals surface area contributed by atoms with E-state index < -0.39 is 0 Å². The standard InChI is InChI=1S/C17H25NOS/c18-17(10-2-1-3-11-17)14-6-8-15(9-7-14)19-16-5-4-12-20-13-16/h6-9,16H,1-5,10-13,18H2. The lowest BCUT2D eigenvalue weighted by atomic mass is 9.77. The van der Waals surface area contributed by atoms with E-state index in [1.165, 1.54) is 43.4 Å². The van der Waals surface area contributed by atoms with Crippen LogP contribution in [-0.2, 0) is 5.54 Å². The van der Waals surface area contributed by atoms with Gasteiger partial charge in [0.05, 0.1) is 0 Å². The zero-order chi connectivity index (χ0) is 13.8. The molecule has 1 atom stereocenters. The van der Waals surface area contributed by atoms with Crippen molar-refractivity contribution in [1.82, 2.24) is 0 Å². The van der Waals surface area contributed by atoms with E-state index in [0.717, 1.165) is 24.3 Å². The normalized spacial score (nSPS) is 26.1. The number of hydrogen-bond acceptors (Lipinski definition) is 3. The summed E-state index contributed by atoms with van der Waals surface area (Å²) >= 11 is 2.00. The molecule has 0 aromatic heterocycles. The molecule has 0 spiro atoms. The second kappa shape index (κ2) is 6.40. The van der Waals surface area contributed by atoms with E-state index in [0.29, 0.717) is 6.10 Å². The Balaban J connectivity index is 1.64. The molecule has 2 nitrogen and oxygen atoms in total. The van der Waals surface area contributed by atoms with Gasteiger partial charge in [-0.3, -0.25) is 0 Å². The fourth-order valence-corrected chi connectivity index (χ4v) is 4.37. The van der Waals surface area contributed by atoms with Gasteiger partial charge in [0.1, 0.15) is 11.9 Å². The van der Waals surface area contributed by atoms with Crippen molar-refractivity contribution in [3.05, 3.63) is 29.8 Å². The molecule has 1 unspecified atom stereocenters. The van der Waals surface area contributed by atoms with Crippen molar-refractivity contribution in [3.8, 4) is 5.75 Å². The van der Waals surface area contributed by atoms with E-state index in [1.54, 1.807) is 0 Å². The lowest BCUT2D eigenvalue weighted by Gasteiger charge is -2.34. The molecule has 3 heteroatoms. The monoisotopic (exact) mass is 291 g/mol. The first-order valence-corrected chi connectivity index (χ1v) is 9.06. The van der Waals surface area contributed by atoms with E-state index in [4.69, 9.17) is 10.5 Å². The average molecular weight is 291 g/mol. The Morgan fingerprint density at radius 2 is 1.80 bits per heavy atom. The largest absolute Gasteiger partial charge is 0.490 e. The molecule has 0 radical (unpaired) electrons. The van der Waals surface area contributed by atoms with Crippen LogP contribution in [0.1, 0.15) is 50.5 Å². The number of rotatable bonds is 3. The summed E-state index contributed by atoms with van der Waals surface area (Å²) in [5.41, 5.74) is 7.75. The zero-order valence-corrected chi connectivity index (χ0v) is 13.0. The van der Waals surface area contributed by atoms with Gasteiger partial charge in [-0.2, -0.15) is 11.8 Å². The third-order valence-corrected chi connectivity index (χ3v) is 5.78. The Labute approximate surface area is 126 Å². The first-order valence-electron chi connectivity index (χ1n) is 7.90. The number of thioether (sulfide) groups is 1. The Morgan fingerprint density at radius 3 is 2.45 bits per heavy atom. The lowest BCUT2D eigenvalue weighted by Crippen LogP contribution is -2.38. The molecule has 2 aliphatic rings. The second-order valence-corrected chi connectivity index (χ2v) is 7.35. The van der Waals surface area contributed by atoms with Crippen LogP contribution in [0, 0.1) is 0 Å². The topological polar surface area (TPSA) is 35.2 Å². The van der Waals surface area contributed by atoms with Crippen LogP contribution in [0.15, 0.2) is 24.3 Å². The minimum Gasteiger partial charge on any atom is -0.490 e. The van der Waals surface area contributed by atoms with Crippen LogP contribution in [0.3, 0.4) is 0 Å². The third-order valence-electron chi connectivity index (χ3n) is 4.60. The highest BCUT2D eigenvalue weighted by Crippen LogP contribution is 2.35. The number of nitrogens with two attached hydrogens (primary N) is 1. The highest BCUT2D eigenvalue weighted by atomic mass is 32.2. The SMILES string of the molecule is NC1(c2ccc(OC3CCCSC3)cc2)CCCCC1. The second-order valence-electron chi connectivity index (χ2n) is 6.20. The van der Waals surface area contributed by atoms with E-state index >= 15 is 0 Å². The van der Waals surface area contributed by atoms with Crippen LogP contribution in [0.2, 0.25) is 0 Å². The quantitative estimate of drug-likeness (QED) is 0.911. The predicted molar refractivity (Wildman–Crippen MR) is 86.4 cm³/mol. The molecule has 20 heavy (non-hydrogen) atoms. The Hall–Kier alpha value is -0.670. The molecule has 1 aromatic carbocycles. The highest BCUT2D eigenvalue weighted by molar-refractivity contribution is 7.99. The third kappa shape index (κ3) is 3.32. The first-order chi connectivity index (χ1) is 9.76. The summed E-state index contributed by atoms with van der Waals surface area (Å²) in [5, 5.41) is 0. The van der Waals surface area contributed by atoms with Gasteiger partial charge in [-0.05, 0) is 49.1 Å². The molecule has 1 saturated carbocycles. The van der Waals surface area contributed by atoms with E-state index in [1.807, 2.05) is 11.8 Å². The van der Waals surface area contributed by atoms with Crippen molar-refractivity contribution < 1.29 is 4.74 Å². The molecule has 110 valence electrons. The maximum Gasteiger partial charge on any atom is 0.119 e. The van der Waals surface area contributed by atoms with Crippen molar-refractivity contribution in [3.63, 3.8) is 0 Å². The summed E-state index contributed by atoms with van der Waals surface area (Å²) in [5.74, 6) is 3.41. The summed E-state index contributed by atoms with van der Waals surface area (Å²) in [6.07, 6.45) is 8.94. The van der Waals surface area contributed by atoms with E-state index in [-0.39, 0.29) is 5.54 Å². The average Bonchev–Trinajstić information content (AvgIpc) is 2.50. The summed E-state index contributed by atoms with van der Waals surface area (Å²) in [7, 11) is 0. The van der Waals surface area contributed by atoms with Crippen LogP contribution >= 0.6 is 11.8 Å². The van der Waals surface area contributed by atoms with Gasteiger partial charge in [0.15, 0.2) is 0 Å². The molecule has 0 bridgehead atoms. The molecule has 1 aliphatic heterocycles. The van der Waals surface area contributed by atoms with Gasteiger partial charge in [-0.15, -0.1) is 0 Å². The van der Waals surface area contributed by atoms with Gasteiger partial charge in [0.2, 0.25) is 0 Å². The van der Waals surface area contributed by atoms with E-state index in [2.05, 4.69) is 24.3 Å². The molecule has 2 N–H and O–H groups in total.